The minimum Gasteiger partial charge on any atom is -0.353 e. The van der Waals surface area contributed by atoms with Crippen LogP contribution in [0.3, 0.4) is 0 Å². The summed E-state index contributed by atoms with van der Waals surface area (Å²) in [5, 5.41) is 15.9. The minimum atomic E-state index is -0.787. The van der Waals surface area contributed by atoms with E-state index >= 15 is 0 Å². The number of nitrogens with zero attached hydrogens (tertiary/aromatic N) is 2. The largest absolute Gasteiger partial charge is 0.353 e. The van der Waals surface area contributed by atoms with Crippen LogP contribution >= 0.6 is 35.7 Å². The van der Waals surface area contributed by atoms with Gasteiger partial charge in [-0.3, -0.25) is 33.6 Å². The van der Waals surface area contributed by atoms with Crippen LogP contribution in [0.2, 0.25) is 0 Å². The van der Waals surface area contributed by atoms with Crippen LogP contribution in [0.5, 0.6) is 0 Å². The van der Waals surface area contributed by atoms with Gasteiger partial charge in [0.25, 0.3) is 0 Å². The molecule has 0 radical (unpaired) electrons. The maximum Gasteiger partial charge on any atom is 0.246 e. The molecule has 7 aliphatic rings. The zero-order chi connectivity index (χ0) is 54.4. The van der Waals surface area contributed by atoms with Gasteiger partial charge >= 0.3 is 0 Å². The van der Waals surface area contributed by atoms with Gasteiger partial charge in [0.2, 0.25) is 35.4 Å². The van der Waals surface area contributed by atoms with Gasteiger partial charge in [-0.05, 0) is 142 Å². The lowest BCUT2D eigenvalue weighted by molar-refractivity contribution is -0.144. The predicted molar refractivity (Wildman–Crippen MR) is 303 cm³/mol. The van der Waals surface area contributed by atoms with Gasteiger partial charge in [-0.1, -0.05) is 102 Å². The third kappa shape index (κ3) is 11.4. The number of rotatable bonds is 16. The van der Waals surface area contributed by atoms with Gasteiger partial charge in [0.15, 0.2) is 0 Å². The first-order chi connectivity index (χ1) is 36.2. The molecule has 17 heteroatoms. The number of carbonyl (C=O) groups excluding carboxylic acids is 7. The van der Waals surface area contributed by atoms with E-state index < -0.39 is 52.9 Å². The van der Waals surface area contributed by atoms with E-state index in [1.807, 2.05) is 95.1 Å². The van der Waals surface area contributed by atoms with Crippen LogP contribution in [0.15, 0.2) is 48.5 Å². The van der Waals surface area contributed by atoms with E-state index in [9.17, 15) is 33.6 Å². The van der Waals surface area contributed by atoms with Gasteiger partial charge < -0.3 is 36.4 Å². The summed E-state index contributed by atoms with van der Waals surface area (Å²) in [7, 11) is 1.87. The molecule has 0 unspecified atom stereocenters. The molecule has 4 heterocycles. The van der Waals surface area contributed by atoms with Gasteiger partial charge in [-0.25, -0.2) is 0 Å². The number of nitrogens with one attached hydrogen (secondary N) is 5. The van der Waals surface area contributed by atoms with Crippen molar-refractivity contribution in [2.75, 3.05) is 18.6 Å². The van der Waals surface area contributed by atoms with Crippen molar-refractivity contribution in [3.8, 4) is 0 Å². The fraction of sp³-hybridized carbons (Fsp3) is 0.661. The summed E-state index contributed by atoms with van der Waals surface area (Å²) in [6.07, 6.45) is 8.04. The number of hydrogen-bond acceptors (Lipinski definition) is 11. The Labute approximate surface area is 464 Å². The lowest BCUT2D eigenvalue weighted by Crippen LogP contribution is -2.57. The summed E-state index contributed by atoms with van der Waals surface area (Å²) in [6, 6.07) is 12.5. The number of hydrogen-bond donors (Lipinski definition) is 5. The molecule has 14 nitrogen and oxygen atoms in total. The van der Waals surface area contributed by atoms with Crippen molar-refractivity contribution in [1.82, 2.24) is 36.4 Å². The van der Waals surface area contributed by atoms with Crippen LogP contribution in [-0.4, -0.2) is 115 Å². The molecule has 76 heavy (non-hydrogen) atoms. The van der Waals surface area contributed by atoms with E-state index in [0.29, 0.717) is 76.4 Å². The molecule has 0 spiro atoms. The standard InChI is InChI=1S/C59H81N7O7S3/c1-9-32(2)52(68)62-43-23-25-76-47-31-59(6,7)51(66(47)57(43)73)55(71)64-49-40-17-13-11-15-36(40)28-42(49)53(69)61-38-20-18-34(19-21-38)26-44(67)41-27-35-14-10-12-16-39(35)48(41)63-54(70)50-58(4,5)30-46-65(50)56(72)37(22-24-75-46)29-45(74)33(3)60-8/h10-17,32-34,37-38,41-43,46-51,60H,9,18-31H2,1-8H3,(H,61,69)(H,62,68)(H,63,70)(H,64,71)/t32-,33+,34?,37-,38?,41+,42-,43+,46+,47+,48+,49+,50-,51-/m1/s1. The summed E-state index contributed by atoms with van der Waals surface area (Å²) in [5.74, 6) is -0.785. The number of fused-ring (bicyclic) bond motifs is 4. The summed E-state index contributed by atoms with van der Waals surface area (Å²) in [5.41, 5.74) is 2.88. The highest BCUT2D eigenvalue weighted by atomic mass is 32.2. The number of thiocarbonyl (C=S) groups is 1. The monoisotopic (exact) mass is 1100 g/mol. The van der Waals surface area contributed by atoms with Crippen LogP contribution in [0.1, 0.15) is 153 Å². The normalized spacial score (nSPS) is 32.1. The highest BCUT2D eigenvalue weighted by Gasteiger charge is 2.57. The molecule has 5 N–H and O–H groups in total. The Hall–Kier alpha value is -4.32. The van der Waals surface area contributed by atoms with Crippen molar-refractivity contribution in [3.63, 3.8) is 0 Å². The molecule has 1 saturated carbocycles. The second-order valence-electron chi connectivity index (χ2n) is 24.5. The Morgan fingerprint density at radius 1 is 0.671 bits per heavy atom. The van der Waals surface area contributed by atoms with E-state index in [2.05, 4.69) is 40.4 Å². The summed E-state index contributed by atoms with van der Waals surface area (Å²) in [6.45, 7) is 14.0. The Morgan fingerprint density at radius 2 is 1.20 bits per heavy atom. The number of ketones is 1. The zero-order valence-electron chi connectivity index (χ0n) is 45.8. The van der Waals surface area contributed by atoms with Gasteiger partial charge in [0.05, 0.1) is 28.7 Å². The van der Waals surface area contributed by atoms with E-state index in [1.54, 1.807) is 28.4 Å². The molecular formula is C59H81N7O7S3. The molecular weight excluding hydrogens is 1010 g/mol. The molecule has 6 amide bonds. The average molecular weight is 1100 g/mol. The van der Waals surface area contributed by atoms with E-state index in [4.69, 9.17) is 12.2 Å². The molecule has 0 bridgehead atoms. The topological polar surface area (TPSA) is 186 Å². The SMILES string of the molecule is CC[C@@H](C)C(=O)N[C@H]1CCS[C@H]2CC(C)(C)[C@@H](C(=O)N[C@H]3c4ccccc4C[C@H]3C(=O)NC3CCC(CC(=O)[C@@H]4Cc5ccccc5[C@@H]4NC(=O)[C@H]4N5C(=O)[C@@H](CC(=S)[C@H](C)NC)CCS[C@H]5CC4(C)C)CC3)N2C1=O. The quantitative estimate of drug-likeness (QED) is 0.106. The molecule has 0 aromatic heterocycles. The average Bonchev–Trinajstić information content (AvgIpc) is 4.06. The Kier molecular flexibility index (Phi) is 17.2. The summed E-state index contributed by atoms with van der Waals surface area (Å²) in [4.78, 5) is 105. The Bertz CT molecular complexity index is 2410. The zero-order valence-corrected chi connectivity index (χ0v) is 48.2. The summed E-state index contributed by atoms with van der Waals surface area (Å²) >= 11 is 9.17. The number of amides is 6. The van der Waals surface area contributed by atoms with E-state index in [-0.39, 0.29) is 81.8 Å². The molecule has 9 rings (SSSR count). The first-order valence-corrected chi connectivity index (χ1v) is 30.7. The lowest BCUT2D eigenvalue weighted by atomic mass is 9.80. The highest BCUT2D eigenvalue weighted by Crippen LogP contribution is 2.50. The van der Waals surface area contributed by atoms with Gasteiger partial charge in [0, 0.05) is 41.1 Å². The van der Waals surface area contributed by atoms with Crippen molar-refractivity contribution in [2.45, 2.75) is 185 Å². The fourth-order valence-corrected chi connectivity index (χ4v) is 17.2. The van der Waals surface area contributed by atoms with Gasteiger partial charge in [-0.2, -0.15) is 0 Å². The molecule has 5 fully saturated rings. The number of Topliss-reactive ketones (excluding diaryl/α,β-unsaturated/α-hetero) is 1. The summed E-state index contributed by atoms with van der Waals surface area (Å²) < 4.78 is 0. The van der Waals surface area contributed by atoms with Crippen LogP contribution in [0.4, 0.5) is 0 Å². The third-order valence-electron chi connectivity index (χ3n) is 18.4. The van der Waals surface area contributed by atoms with Crippen molar-refractivity contribution in [3.05, 3.63) is 70.8 Å². The van der Waals surface area contributed by atoms with Crippen molar-refractivity contribution in [1.29, 1.82) is 0 Å². The van der Waals surface area contributed by atoms with Crippen LogP contribution < -0.4 is 26.6 Å². The molecule has 2 aromatic carbocycles. The van der Waals surface area contributed by atoms with E-state index in [1.165, 1.54) is 0 Å². The maximum absolute atomic E-state index is 14.8. The number of carbonyl (C=O) groups is 7. The minimum absolute atomic E-state index is 0.000430. The smallest absolute Gasteiger partial charge is 0.246 e. The first-order valence-electron chi connectivity index (χ1n) is 28.2. The van der Waals surface area contributed by atoms with Crippen molar-refractivity contribution in [2.24, 2.45) is 40.4 Å². The molecule has 2 aromatic rings. The second-order valence-corrected chi connectivity index (χ2v) is 27.6. The van der Waals surface area contributed by atoms with Gasteiger partial charge in [-0.15, -0.1) is 23.5 Å². The predicted octanol–water partition coefficient (Wildman–Crippen LogP) is 7.38. The number of thioether (sulfide) groups is 2. The van der Waals surface area contributed by atoms with Gasteiger partial charge in [0.1, 0.15) is 23.9 Å². The first kappa shape index (κ1) is 56.4. The second kappa shape index (κ2) is 23.2. The lowest BCUT2D eigenvalue weighted by Gasteiger charge is -2.36. The van der Waals surface area contributed by atoms with E-state index in [0.717, 1.165) is 45.7 Å². The van der Waals surface area contributed by atoms with Crippen LogP contribution in [0.25, 0.3) is 0 Å². The highest BCUT2D eigenvalue weighted by molar-refractivity contribution is 8.00. The molecule has 4 aliphatic heterocycles. The third-order valence-corrected chi connectivity index (χ3v) is 21.5. The maximum atomic E-state index is 14.8. The Balaban J connectivity index is 0.830. The fourth-order valence-electron chi connectivity index (χ4n) is 13.7. The van der Waals surface area contributed by atoms with Crippen LogP contribution in [0, 0.1) is 40.4 Å². The number of benzene rings is 2. The molecule has 4 saturated heterocycles. The van der Waals surface area contributed by atoms with Crippen molar-refractivity contribution >= 4 is 81.8 Å². The molecule has 12 atom stereocenters. The molecule has 412 valence electrons. The van der Waals surface area contributed by atoms with Crippen molar-refractivity contribution < 1.29 is 33.6 Å². The Morgan fingerprint density at radius 3 is 1.76 bits per heavy atom. The van der Waals surface area contributed by atoms with Crippen LogP contribution in [-0.2, 0) is 46.4 Å². The molecule has 3 aliphatic carbocycles.